The average molecular weight is 452 g/mol. The molecule has 0 unspecified atom stereocenters. The Balaban J connectivity index is 2.10. The van der Waals surface area contributed by atoms with Crippen LogP contribution in [0.15, 0.2) is 24.3 Å². The highest BCUT2D eigenvalue weighted by molar-refractivity contribution is 5.62. The van der Waals surface area contributed by atoms with E-state index in [1.165, 1.54) is 44.8 Å². The van der Waals surface area contributed by atoms with E-state index in [0.29, 0.717) is 23.7 Å². The van der Waals surface area contributed by atoms with Crippen LogP contribution in [0.25, 0.3) is 0 Å². The van der Waals surface area contributed by atoms with E-state index in [2.05, 4.69) is 116 Å². The van der Waals surface area contributed by atoms with E-state index in [4.69, 9.17) is 0 Å². The highest BCUT2D eigenvalue weighted by atomic mass is 15.2. The van der Waals surface area contributed by atoms with Gasteiger partial charge in [0, 0.05) is 24.5 Å². The summed E-state index contributed by atoms with van der Waals surface area (Å²) >= 11 is 0. The van der Waals surface area contributed by atoms with Crippen LogP contribution in [0.5, 0.6) is 0 Å². The maximum atomic E-state index is 3.80. The summed E-state index contributed by atoms with van der Waals surface area (Å²) in [4.78, 5) is 2.37. The van der Waals surface area contributed by atoms with Crippen molar-refractivity contribution in [1.82, 2.24) is 4.90 Å². The number of hydrogen-bond donors (Lipinski definition) is 2. The van der Waals surface area contributed by atoms with Crippen LogP contribution >= 0.6 is 0 Å². The number of benzene rings is 2. The molecule has 2 aromatic rings. The standard InChI is InChI=1S/C30H49N3/c1-19(2)25-14-23(9)15-26(20(3)4)29(25)31-12-13-33(11)18-32-30-27(21(5)6)16-24(10)17-28(30)22(7)8/h14-17,19-22,31-32H,12-13,18H2,1-11H3. The Morgan fingerprint density at radius 1 is 0.606 bits per heavy atom. The van der Waals surface area contributed by atoms with Gasteiger partial charge >= 0.3 is 0 Å². The van der Waals surface area contributed by atoms with E-state index in [-0.39, 0.29) is 0 Å². The molecule has 0 aromatic heterocycles. The van der Waals surface area contributed by atoms with Crippen molar-refractivity contribution in [3.63, 3.8) is 0 Å². The average Bonchev–Trinajstić information content (AvgIpc) is 2.72. The first-order valence-electron chi connectivity index (χ1n) is 12.9. The number of hydrogen-bond acceptors (Lipinski definition) is 3. The summed E-state index contributed by atoms with van der Waals surface area (Å²) in [7, 11) is 2.20. The minimum Gasteiger partial charge on any atom is -0.383 e. The van der Waals surface area contributed by atoms with Crippen LogP contribution in [0.1, 0.15) is 112 Å². The topological polar surface area (TPSA) is 27.3 Å². The third-order valence-electron chi connectivity index (χ3n) is 6.50. The van der Waals surface area contributed by atoms with Gasteiger partial charge in [0.05, 0.1) is 6.67 Å². The van der Waals surface area contributed by atoms with Crippen LogP contribution in [0.3, 0.4) is 0 Å². The van der Waals surface area contributed by atoms with E-state index in [1.54, 1.807) is 0 Å². The Morgan fingerprint density at radius 3 is 1.27 bits per heavy atom. The zero-order valence-corrected chi connectivity index (χ0v) is 23.2. The smallest absolute Gasteiger partial charge is 0.0676 e. The number of rotatable bonds is 11. The van der Waals surface area contributed by atoms with Gasteiger partial charge < -0.3 is 10.6 Å². The lowest BCUT2D eigenvalue weighted by atomic mass is 9.90. The number of aryl methyl sites for hydroxylation is 2. The molecule has 0 fully saturated rings. The predicted octanol–water partition coefficient (Wildman–Crippen LogP) is 8.21. The van der Waals surface area contributed by atoms with Crippen molar-refractivity contribution in [1.29, 1.82) is 0 Å². The molecule has 0 saturated carbocycles. The fourth-order valence-corrected chi connectivity index (χ4v) is 4.58. The molecule has 2 aromatic carbocycles. The number of anilines is 2. The second-order valence-electron chi connectivity index (χ2n) is 11.1. The Kier molecular flexibility index (Phi) is 9.84. The van der Waals surface area contributed by atoms with Gasteiger partial charge in [-0.1, -0.05) is 90.8 Å². The fraction of sp³-hybridized carbons (Fsp3) is 0.600. The van der Waals surface area contributed by atoms with E-state index < -0.39 is 0 Å². The van der Waals surface area contributed by atoms with Crippen LogP contribution in [0.4, 0.5) is 11.4 Å². The summed E-state index contributed by atoms with van der Waals surface area (Å²) in [6.45, 7) is 25.5. The lowest BCUT2D eigenvalue weighted by Gasteiger charge is -2.26. The summed E-state index contributed by atoms with van der Waals surface area (Å²) in [5.41, 5.74) is 11.1. The minimum absolute atomic E-state index is 0.502. The third kappa shape index (κ3) is 7.24. The Morgan fingerprint density at radius 2 is 0.939 bits per heavy atom. The Hall–Kier alpha value is -2.00. The summed E-state index contributed by atoms with van der Waals surface area (Å²) in [6, 6.07) is 9.39. The highest BCUT2D eigenvalue weighted by Gasteiger charge is 2.17. The van der Waals surface area contributed by atoms with Crippen molar-refractivity contribution in [2.45, 2.75) is 92.9 Å². The first-order valence-corrected chi connectivity index (χ1v) is 12.9. The second-order valence-corrected chi connectivity index (χ2v) is 11.1. The molecule has 2 rings (SSSR count). The van der Waals surface area contributed by atoms with Crippen LogP contribution in [-0.2, 0) is 0 Å². The van der Waals surface area contributed by atoms with Gasteiger partial charge in [-0.05, 0) is 66.8 Å². The molecule has 0 radical (unpaired) electrons. The normalized spacial score (nSPS) is 12.0. The monoisotopic (exact) mass is 451 g/mol. The van der Waals surface area contributed by atoms with Crippen molar-refractivity contribution < 1.29 is 0 Å². The zero-order chi connectivity index (χ0) is 24.9. The van der Waals surface area contributed by atoms with Crippen LogP contribution in [0, 0.1) is 13.8 Å². The third-order valence-corrected chi connectivity index (χ3v) is 6.50. The maximum absolute atomic E-state index is 3.80. The maximum Gasteiger partial charge on any atom is 0.0676 e. The summed E-state index contributed by atoms with van der Waals surface area (Å²) in [6.07, 6.45) is 0. The molecule has 0 bridgehead atoms. The van der Waals surface area contributed by atoms with Crippen molar-refractivity contribution >= 4 is 11.4 Å². The van der Waals surface area contributed by atoms with Gasteiger partial charge in [-0.2, -0.15) is 0 Å². The van der Waals surface area contributed by atoms with Crippen molar-refractivity contribution in [2.24, 2.45) is 0 Å². The molecule has 3 heteroatoms. The van der Waals surface area contributed by atoms with Gasteiger partial charge in [-0.15, -0.1) is 0 Å². The molecule has 0 aliphatic rings. The lowest BCUT2D eigenvalue weighted by Crippen LogP contribution is -2.31. The number of nitrogens with zero attached hydrogens (tertiary/aromatic N) is 1. The molecule has 0 aliphatic heterocycles. The molecule has 0 spiro atoms. The number of likely N-dealkylation sites (N-methyl/N-ethyl adjacent to an activating group) is 1. The molecule has 0 aliphatic carbocycles. The SMILES string of the molecule is Cc1cc(C(C)C)c(NCCN(C)CNc2c(C(C)C)cc(C)cc2C(C)C)c(C(C)C)c1. The van der Waals surface area contributed by atoms with Crippen LogP contribution in [-0.4, -0.2) is 31.7 Å². The van der Waals surface area contributed by atoms with E-state index in [1.807, 2.05) is 0 Å². The summed E-state index contributed by atoms with van der Waals surface area (Å²) in [5, 5.41) is 7.58. The molecule has 0 saturated heterocycles. The van der Waals surface area contributed by atoms with Crippen LogP contribution < -0.4 is 10.6 Å². The predicted molar refractivity (Wildman–Crippen MR) is 148 cm³/mol. The molecule has 33 heavy (non-hydrogen) atoms. The van der Waals surface area contributed by atoms with Gasteiger partial charge in [0.25, 0.3) is 0 Å². The fourth-order valence-electron chi connectivity index (χ4n) is 4.58. The molecule has 184 valence electrons. The van der Waals surface area contributed by atoms with Gasteiger partial charge in [0.15, 0.2) is 0 Å². The molecule has 3 nitrogen and oxygen atoms in total. The lowest BCUT2D eigenvalue weighted by molar-refractivity contribution is 0.372. The van der Waals surface area contributed by atoms with Gasteiger partial charge in [-0.3, -0.25) is 4.90 Å². The first-order chi connectivity index (χ1) is 15.4. The molecule has 2 N–H and O–H groups in total. The largest absolute Gasteiger partial charge is 0.383 e. The molecular weight excluding hydrogens is 402 g/mol. The van der Waals surface area contributed by atoms with E-state index in [0.717, 1.165) is 19.8 Å². The van der Waals surface area contributed by atoms with Gasteiger partial charge in [-0.25, -0.2) is 0 Å². The second kappa shape index (κ2) is 11.9. The quantitative estimate of drug-likeness (QED) is 0.337. The van der Waals surface area contributed by atoms with E-state index in [9.17, 15) is 0 Å². The number of nitrogens with one attached hydrogen (secondary N) is 2. The minimum atomic E-state index is 0.502. The Bertz CT molecular complexity index is 851. The summed E-state index contributed by atoms with van der Waals surface area (Å²) in [5.74, 6) is 2.02. The van der Waals surface area contributed by atoms with E-state index >= 15 is 0 Å². The zero-order valence-electron chi connectivity index (χ0n) is 23.2. The van der Waals surface area contributed by atoms with Crippen molar-refractivity contribution in [3.8, 4) is 0 Å². The first kappa shape index (κ1) is 27.2. The molecule has 0 amide bonds. The molecule has 0 atom stereocenters. The van der Waals surface area contributed by atoms with Gasteiger partial charge in [0.2, 0.25) is 0 Å². The highest BCUT2D eigenvalue weighted by Crippen LogP contribution is 2.35. The Labute approximate surface area is 204 Å². The molecular formula is C30H49N3. The van der Waals surface area contributed by atoms with Crippen molar-refractivity contribution in [2.75, 3.05) is 37.4 Å². The van der Waals surface area contributed by atoms with Gasteiger partial charge in [0.1, 0.15) is 0 Å². The molecule has 0 heterocycles. The summed E-state index contributed by atoms with van der Waals surface area (Å²) < 4.78 is 0. The van der Waals surface area contributed by atoms with Crippen LogP contribution in [0.2, 0.25) is 0 Å². The van der Waals surface area contributed by atoms with Crippen molar-refractivity contribution in [3.05, 3.63) is 57.6 Å².